The van der Waals surface area contributed by atoms with Gasteiger partial charge in [0.05, 0.1) is 17.7 Å². The normalized spacial score (nSPS) is 10.2. The lowest BCUT2D eigenvalue weighted by molar-refractivity contribution is -0.140. The molecule has 0 radical (unpaired) electrons. The summed E-state index contributed by atoms with van der Waals surface area (Å²) < 4.78 is 20.1. The largest absolute Gasteiger partial charge is 0.504 e. The third-order valence-corrected chi connectivity index (χ3v) is 4.52. The average Bonchev–Trinajstić information content (AvgIpc) is 2.82. The van der Waals surface area contributed by atoms with E-state index in [0.717, 1.165) is 12.1 Å². The molecule has 0 saturated carbocycles. The van der Waals surface area contributed by atoms with E-state index in [-0.39, 0.29) is 54.5 Å². The van der Waals surface area contributed by atoms with Gasteiger partial charge in [0, 0.05) is 12.0 Å². The van der Waals surface area contributed by atoms with Crippen LogP contribution >= 0.6 is 0 Å². The first-order valence-electron chi connectivity index (χ1n) is 10.5. The number of hydrogen-bond acceptors (Lipinski definition) is 11. The van der Waals surface area contributed by atoms with E-state index in [1.54, 1.807) is 0 Å². The van der Waals surface area contributed by atoms with Crippen molar-refractivity contribution < 1.29 is 53.8 Å². The van der Waals surface area contributed by atoms with Crippen LogP contribution in [0.3, 0.4) is 0 Å². The molecule has 0 aliphatic heterocycles. The van der Waals surface area contributed by atoms with Crippen LogP contribution in [0.2, 0.25) is 0 Å². The van der Waals surface area contributed by atoms with Crippen LogP contribution in [-0.2, 0) is 30.2 Å². The zero-order valence-electron chi connectivity index (χ0n) is 19.5. The summed E-state index contributed by atoms with van der Waals surface area (Å²) in [6.45, 7) is 7.51. The molecular formula is C25H26O11. The molecule has 0 bridgehead atoms. The Morgan fingerprint density at radius 3 is 2.00 bits per heavy atom. The summed E-state index contributed by atoms with van der Waals surface area (Å²) >= 11 is 0. The molecule has 0 unspecified atom stereocenters. The van der Waals surface area contributed by atoms with E-state index < -0.39 is 41.8 Å². The number of hydrogen-bond donors (Lipinski definition) is 4. The monoisotopic (exact) mass is 502 g/mol. The van der Waals surface area contributed by atoms with E-state index in [9.17, 15) is 34.8 Å². The van der Waals surface area contributed by atoms with Gasteiger partial charge in [-0.2, -0.15) is 0 Å². The zero-order valence-corrected chi connectivity index (χ0v) is 19.5. The van der Waals surface area contributed by atoms with Crippen molar-refractivity contribution in [2.45, 2.75) is 13.3 Å². The molecule has 0 heterocycles. The van der Waals surface area contributed by atoms with Crippen LogP contribution in [0.5, 0.6) is 28.7 Å². The Bertz CT molecular complexity index is 1140. The lowest BCUT2D eigenvalue weighted by Crippen LogP contribution is -2.17. The fraction of sp³-hybridized carbons (Fsp3) is 0.240. The smallest absolute Gasteiger partial charge is 0.338 e. The van der Waals surface area contributed by atoms with Gasteiger partial charge in [0.2, 0.25) is 5.75 Å². The second kappa shape index (κ2) is 12.7. The van der Waals surface area contributed by atoms with Crippen molar-refractivity contribution in [3.8, 4) is 28.7 Å². The number of carbonyl (C=O) groups is 3. The third-order valence-electron chi connectivity index (χ3n) is 4.52. The van der Waals surface area contributed by atoms with Gasteiger partial charge < -0.3 is 39.4 Å². The topological polar surface area (TPSA) is 169 Å². The van der Waals surface area contributed by atoms with Gasteiger partial charge in [-0.25, -0.2) is 14.4 Å². The summed E-state index contributed by atoms with van der Waals surface area (Å²) in [6, 6.07) is 6.03. The average molecular weight is 502 g/mol. The molecule has 4 N–H and O–H groups in total. The van der Waals surface area contributed by atoms with Crippen LogP contribution in [0.1, 0.15) is 22.8 Å². The van der Waals surface area contributed by atoms with Crippen molar-refractivity contribution in [3.63, 3.8) is 0 Å². The van der Waals surface area contributed by atoms with Gasteiger partial charge in [-0.3, -0.25) is 0 Å². The Balaban J connectivity index is 1.77. The minimum atomic E-state index is -0.858. The van der Waals surface area contributed by atoms with Crippen molar-refractivity contribution in [2.24, 2.45) is 0 Å². The van der Waals surface area contributed by atoms with Gasteiger partial charge in [0.25, 0.3) is 0 Å². The van der Waals surface area contributed by atoms with E-state index in [0.29, 0.717) is 5.56 Å². The second-order valence-electron chi connectivity index (χ2n) is 7.50. The Morgan fingerprint density at radius 1 is 0.778 bits per heavy atom. The predicted molar refractivity (Wildman–Crippen MR) is 125 cm³/mol. The highest BCUT2D eigenvalue weighted by molar-refractivity contribution is 5.90. The van der Waals surface area contributed by atoms with E-state index in [1.165, 1.54) is 25.1 Å². The Hall–Kier alpha value is -4.67. The van der Waals surface area contributed by atoms with Gasteiger partial charge in [0.15, 0.2) is 23.0 Å². The highest BCUT2D eigenvalue weighted by atomic mass is 16.6. The third kappa shape index (κ3) is 7.97. The minimum absolute atomic E-state index is 0.00653. The van der Waals surface area contributed by atoms with Crippen LogP contribution < -0.4 is 4.74 Å². The number of carbonyl (C=O) groups excluding carboxylic acids is 3. The SMILES string of the molecule is C=C(C)C(=O)OCCc1cc(O)c(OCC(=C)C(=O)OCCOC(=O)c2ccc(O)c(O)c2)c(O)c1. The highest BCUT2D eigenvalue weighted by Gasteiger charge is 2.16. The quantitative estimate of drug-likeness (QED) is 0.111. The van der Waals surface area contributed by atoms with Gasteiger partial charge in [0.1, 0.15) is 19.8 Å². The Kier molecular flexibility index (Phi) is 9.73. The molecule has 0 aromatic heterocycles. The van der Waals surface area contributed by atoms with Crippen molar-refractivity contribution in [2.75, 3.05) is 26.4 Å². The first-order valence-corrected chi connectivity index (χ1v) is 10.5. The number of rotatable bonds is 12. The molecule has 2 aromatic rings. The van der Waals surface area contributed by atoms with Crippen LogP contribution in [0.25, 0.3) is 0 Å². The van der Waals surface area contributed by atoms with Gasteiger partial charge in [-0.05, 0) is 42.8 Å². The molecule has 36 heavy (non-hydrogen) atoms. The van der Waals surface area contributed by atoms with Crippen LogP contribution in [0.4, 0.5) is 0 Å². The van der Waals surface area contributed by atoms with Gasteiger partial charge in [-0.1, -0.05) is 13.2 Å². The summed E-state index contributed by atoms with van der Waals surface area (Å²) in [5, 5.41) is 38.9. The lowest BCUT2D eigenvalue weighted by atomic mass is 10.1. The highest BCUT2D eigenvalue weighted by Crippen LogP contribution is 2.37. The van der Waals surface area contributed by atoms with Crippen LogP contribution in [0, 0.1) is 0 Å². The number of aromatic hydroxyl groups is 4. The Labute approximate surface area is 206 Å². The molecule has 11 nitrogen and oxygen atoms in total. The molecule has 0 amide bonds. The second-order valence-corrected chi connectivity index (χ2v) is 7.50. The fourth-order valence-electron chi connectivity index (χ4n) is 2.65. The maximum atomic E-state index is 12.0. The molecule has 0 aliphatic rings. The number of benzene rings is 2. The number of phenolic OH excluding ortho intramolecular Hbond substituents is 4. The van der Waals surface area contributed by atoms with Gasteiger partial charge >= 0.3 is 17.9 Å². The van der Waals surface area contributed by atoms with Crippen molar-refractivity contribution in [1.82, 2.24) is 0 Å². The first kappa shape index (κ1) is 27.6. The standard InChI is InChI=1S/C25H26O11/c1-14(2)23(30)33-7-6-16-10-20(28)22(21(29)11-16)36-13-15(3)24(31)34-8-9-35-25(32)17-4-5-18(26)19(27)12-17/h4-5,10-12,26-29H,1,3,6-9,13H2,2H3. The summed E-state index contributed by atoms with van der Waals surface area (Å²) in [4.78, 5) is 35.3. The molecule has 0 aliphatic carbocycles. The fourth-order valence-corrected chi connectivity index (χ4v) is 2.65. The summed E-state index contributed by atoms with van der Waals surface area (Å²) in [5.41, 5.74) is 0.578. The predicted octanol–water partition coefficient (Wildman–Crippen LogP) is 2.51. The van der Waals surface area contributed by atoms with Crippen molar-refractivity contribution >= 4 is 17.9 Å². The Morgan fingerprint density at radius 2 is 1.39 bits per heavy atom. The summed E-state index contributed by atoms with van der Waals surface area (Å²) in [6.07, 6.45) is 0.220. The summed E-state index contributed by atoms with van der Waals surface area (Å²) in [5.74, 6) is -4.16. The van der Waals surface area contributed by atoms with Crippen LogP contribution in [0.15, 0.2) is 54.6 Å². The molecular weight excluding hydrogens is 476 g/mol. The molecule has 2 rings (SSSR count). The molecule has 192 valence electrons. The zero-order chi connectivity index (χ0) is 26.8. The molecule has 2 aromatic carbocycles. The minimum Gasteiger partial charge on any atom is -0.504 e. The first-order chi connectivity index (χ1) is 17.0. The number of ether oxygens (including phenoxy) is 4. The lowest BCUT2D eigenvalue weighted by Gasteiger charge is -2.13. The van der Waals surface area contributed by atoms with E-state index >= 15 is 0 Å². The van der Waals surface area contributed by atoms with Gasteiger partial charge in [-0.15, -0.1) is 0 Å². The molecule has 0 saturated heterocycles. The van der Waals surface area contributed by atoms with Crippen molar-refractivity contribution in [3.05, 3.63) is 65.8 Å². The van der Waals surface area contributed by atoms with Crippen LogP contribution in [-0.4, -0.2) is 64.8 Å². The maximum absolute atomic E-state index is 12.0. The molecule has 0 atom stereocenters. The van der Waals surface area contributed by atoms with E-state index in [4.69, 9.17) is 18.9 Å². The number of phenols is 4. The molecule has 0 spiro atoms. The molecule has 0 fully saturated rings. The van der Waals surface area contributed by atoms with Crippen molar-refractivity contribution in [1.29, 1.82) is 0 Å². The number of esters is 3. The maximum Gasteiger partial charge on any atom is 0.338 e. The molecule has 11 heteroatoms. The van der Waals surface area contributed by atoms with E-state index in [2.05, 4.69) is 13.2 Å². The van der Waals surface area contributed by atoms with E-state index in [1.807, 2.05) is 0 Å². The summed E-state index contributed by atoms with van der Waals surface area (Å²) in [7, 11) is 0.